The van der Waals surface area contributed by atoms with Crippen LogP contribution in [0.5, 0.6) is 0 Å². The second kappa shape index (κ2) is 3.51. The lowest BCUT2D eigenvalue weighted by molar-refractivity contribution is 0.871. The lowest BCUT2D eigenvalue weighted by Gasteiger charge is -2.11. The average Bonchev–Trinajstić information content (AvgIpc) is 2.54. The van der Waals surface area contributed by atoms with Crippen molar-refractivity contribution < 1.29 is 0 Å². The number of hydrogen-bond acceptors (Lipinski definition) is 0. The maximum atomic E-state index is 2.46. The van der Waals surface area contributed by atoms with Crippen molar-refractivity contribution in [1.29, 1.82) is 0 Å². The third-order valence-electron chi connectivity index (χ3n) is 3.45. The Kier molecular flexibility index (Phi) is 2.27. The highest BCUT2D eigenvalue weighted by atomic mass is 127. The summed E-state index contributed by atoms with van der Waals surface area (Å²) < 4.78 is 3.85. The fourth-order valence-electron chi connectivity index (χ4n) is 2.69. The second-order valence-corrected chi connectivity index (χ2v) is 5.70. The molecule has 15 heavy (non-hydrogen) atoms. The molecule has 0 aromatic carbocycles. The summed E-state index contributed by atoms with van der Waals surface area (Å²) in [5.41, 5.74) is 6.10. The van der Waals surface area contributed by atoms with Gasteiger partial charge in [-0.3, -0.25) is 0 Å². The standard InChI is InChI=1S/C13H14IN/c1-15-12-5-3-2-4-10(12)11-7-6-9(14)8-13(11)15/h3,5,8H,2,4,6-7H2,1H3. The summed E-state index contributed by atoms with van der Waals surface area (Å²) in [6.45, 7) is 0. The van der Waals surface area contributed by atoms with Crippen molar-refractivity contribution in [3.05, 3.63) is 32.2 Å². The van der Waals surface area contributed by atoms with Gasteiger partial charge in [-0.25, -0.2) is 0 Å². The minimum Gasteiger partial charge on any atom is -0.344 e. The minimum absolute atomic E-state index is 1.21. The van der Waals surface area contributed by atoms with Gasteiger partial charge in [0.1, 0.15) is 0 Å². The topological polar surface area (TPSA) is 4.93 Å². The normalized spacial score (nSPS) is 18.4. The number of allylic oxidation sites excluding steroid dienone is 2. The maximum absolute atomic E-state index is 2.46. The van der Waals surface area contributed by atoms with Gasteiger partial charge in [-0.1, -0.05) is 6.08 Å². The molecule has 0 radical (unpaired) electrons. The van der Waals surface area contributed by atoms with Crippen molar-refractivity contribution >= 4 is 34.7 Å². The molecule has 0 atom stereocenters. The van der Waals surface area contributed by atoms with E-state index >= 15 is 0 Å². The summed E-state index contributed by atoms with van der Waals surface area (Å²) in [6, 6.07) is 0. The summed E-state index contributed by atoms with van der Waals surface area (Å²) in [7, 11) is 2.19. The molecule has 0 fully saturated rings. The molecule has 3 rings (SSSR count). The molecule has 0 saturated heterocycles. The van der Waals surface area contributed by atoms with Gasteiger partial charge in [0.15, 0.2) is 0 Å². The van der Waals surface area contributed by atoms with Gasteiger partial charge in [-0.05, 0) is 75.1 Å². The van der Waals surface area contributed by atoms with E-state index in [1.807, 2.05) is 0 Å². The summed E-state index contributed by atoms with van der Waals surface area (Å²) in [6.07, 6.45) is 11.9. The Morgan fingerprint density at radius 1 is 1.13 bits per heavy atom. The molecule has 0 bridgehead atoms. The quantitative estimate of drug-likeness (QED) is 0.644. The molecule has 0 aliphatic heterocycles. The fourth-order valence-corrected chi connectivity index (χ4v) is 3.25. The predicted octanol–water partition coefficient (Wildman–Crippen LogP) is 3.71. The van der Waals surface area contributed by atoms with Gasteiger partial charge in [-0.15, -0.1) is 0 Å². The van der Waals surface area contributed by atoms with Crippen LogP contribution in [0.2, 0.25) is 0 Å². The van der Waals surface area contributed by atoms with E-state index in [0.29, 0.717) is 0 Å². The van der Waals surface area contributed by atoms with Crippen LogP contribution in [0.15, 0.2) is 9.66 Å². The van der Waals surface area contributed by atoms with Gasteiger partial charge >= 0.3 is 0 Å². The largest absolute Gasteiger partial charge is 0.344 e. The summed E-state index contributed by atoms with van der Waals surface area (Å²) in [5, 5.41) is 0. The van der Waals surface area contributed by atoms with Crippen LogP contribution in [-0.4, -0.2) is 4.57 Å². The van der Waals surface area contributed by atoms with Crippen molar-refractivity contribution in [2.45, 2.75) is 25.7 Å². The zero-order chi connectivity index (χ0) is 10.4. The van der Waals surface area contributed by atoms with E-state index in [0.717, 1.165) is 0 Å². The molecule has 78 valence electrons. The zero-order valence-electron chi connectivity index (χ0n) is 8.89. The van der Waals surface area contributed by atoms with E-state index in [4.69, 9.17) is 0 Å². The molecule has 1 aromatic rings. The molecule has 0 unspecified atom stereocenters. The van der Waals surface area contributed by atoms with E-state index in [2.05, 4.69) is 52.4 Å². The first kappa shape index (κ1) is 9.70. The molecular formula is C13H14IN. The molecule has 2 aliphatic rings. The first-order valence-corrected chi connectivity index (χ1v) is 6.58. The summed E-state index contributed by atoms with van der Waals surface area (Å²) in [5.74, 6) is 0. The Balaban J connectivity index is 2.27. The number of fused-ring (bicyclic) bond motifs is 3. The van der Waals surface area contributed by atoms with Crippen LogP contribution in [0, 0.1) is 0 Å². The lowest BCUT2D eigenvalue weighted by atomic mass is 9.94. The van der Waals surface area contributed by atoms with Crippen LogP contribution in [0.1, 0.15) is 35.4 Å². The van der Waals surface area contributed by atoms with Crippen LogP contribution in [0.3, 0.4) is 0 Å². The Morgan fingerprint density at radius 2 is 1.93 bits per heavy atom. The molecule has 0 N–H and O–H groups in total. The van der Waals surface area contributed by atoms with E-state index in [9.17, 15) is 0 Å². The number of rotatable bonds is 0. The number of nitrogens with zero attached hydrogens (tertiary/aromatic N) is 1. The van der Waals surface area contributed by atoms with Crippen molar-refractivity contribution in [2.75, 3.05) is 0 Å². The van der Waals surface area contributed by atoms with Gasteiger partial charge in [0.2, 0.25) is 0 Å². The highest BCUT2D eigenvalue weighted by Crippen LogP contribution is 2.35. The van der Waals surface area contributed by atoms with Crippen LogP contribution in [0.4, 0.5) is 0 Å². The second-order valence-electron chi connectivity index (χ2n) is 4.32. The Hall–Kier alpha value is -0.510. The predicted molar refractivity (Wildman–Crippen MR) is 73.1 cm³/mol. The van der Waals surface area contributed by atoms with Gasteiger partial charge < -0.3 is 4.57 Å². The minimum atomic E-state index is 1.21. The molecule has 0 saturated carbocycles. The first-order chi connectivity index (χ1) is 7.27. The number of hydrogen-bond donors (Lipinski definition) is 0. The van der Waals surface area contributed by atoms with Crippen LogP contribution in [0.25, 0.3) is 12.2 Å². The van der Waals surface area contributed by atoms with E-state index in [1.165, 1.54) is 40.7 Å². The highest BCUT2D eigenvalue weighted by molar-refractivity contribution is 14.1. The third-order valence-corrected chi connectivity index (χ3v) is 4.30. The molecule has 0 spiro atoms. The smallest absolute Gasteiger partial charge is 0.0451 e. The Bertz CT molecular complexity index is 477. The van der Waals surface area contributed by atoms with Gasteiger partial charge in [0.25, 0.3) is 0 Å². The van der Waals surface area contributed by atoms with Crippen molar-refractivity contribution in [3.8, 4) is 0 Å². The maximum Gasteiger partial charge on any atom is 0.0451 e. The molecular weight excluding hydrogens is 297 g/mol. The molecule has 2 aliphatic carbocycles. The van der Waals surface area contributed by atoms with Gasteiger partial charge in [-0.2, -0.15) is 0 Å². The van der Waals surface area contributed by atoms with E-state index in [-0.39, 0.29) is 0 Å². The van der Waals surface area contributed by atoms with Crippen LogP contribution >= 0.6 is 22.6 Å². The first-order valence-electron chi connectivity index (χ1n) is 5.50. The molecule has 2 heteroatoms. The Labute approximate surface area is 104 Å². The summed E-state index contributed by atoms with van der Waals surface area (Å²) in [4.78, 5) is 0. The highest BCUT2D eigenvalue weighted by Gasteiger charge is 2.21. The van der Waals surface area contributed by atoms with Gasteiger partial charge in [0.05, 0.1) is 0 Å². The fraction of sp³-hybridized carbons (Fsp3) is 0.385. The third kappa shape index (κ3) is 1.41. The Morgan fingerprint density at radius 3 is 2.80 bits per heavy atom. The average molecular weight is 311 g/mol. The van der Waals surface area contributed by atoms with Crippen LogP contribution in [-0.2, 0) is 19.9 Å². The van der Waals surface area contributed by atoms with Crippen LogP contribution < -0.4 is 0 Å². The van der Waals surface area contributed by atoms with E-state index < -0.39 is 0 Å². The molecule has 1 nitrogen and oxygen atoms in total. The zero-order valence-corrected chi connectivity index (χ0v) is 11.0. The number of halogens is 1. The molecule has 0 amide bonds. The van der Waals surface area contributed by atoms with Crippen molar-refractivity contribution in [1.82, 2.24) is 4.57 Å². The van der Waals surface area contributed by atoms with Crippen molar-refractivity contribution in [3.63, 3.8) is 0 Å². The molecule has 1 heterocycles. The molecule has 1 aromatic heterocycles. The SMILES string of the molecule is Cn1c2c(c3c1C=C(I)CC3)CCC=C2. The van der Waals surface area contributed by atoms with Gasteiger partial charge in [0, 0.05) is 18.4 Å². The van der Waals surface area contributed by atoms with Crippen molar-refractivity contribution in [2.24, 2.45) is 7.05 Å². The summed E-state index contributed by atoms with van der Waals surface area (Å²) >= 11 is 2.46. The van der Waals surface area contributed by atoms with E-state index in [1.54, 1.807) is 11.1 Å². The number of aromatic nitrogens is 1. The monoisotopic (exact) mass is 311 g/mol. The lowest BCUT2D eigenvalue weighted by Crippen LogP contribution is -1.99.